The minimum absolute atomic E-state index is 0.0805. The van der Waals surface area contributed by atoms with E-state index in [2.05, 4.69) is 10.0 Å². The Kier molecular flexibility index (Phi) is 5.40. The normalized spacial score (nSPS) is 25.1. The van der Waals surface area contributed by atoms with Gasteiger partial charge in [0.15, 0.2) is 0 Å². The summed E-state index contributed by atoms with van der Waals surface area (Å²) in [5.41, 5.74) is 0. The summed E-state index contributed by atoms with van der Waals surface area (Å²) in [7, 11) is -3.20. The van der Waals surface area contributed by atoms with Gasteiger partial charge in [-0.2, -0.15) is 0 Å². The van der Waals surface area contributed by atoms with E-state index in [0.717, 1.165) is 38.5 Å². The number of hydrogen-bond acceptors (Lipinski definition) is 4. The molecule has 1 saturated heterocycles. The first-order chi connectivity index (χ1) is 9.44. The number of nitrogens with zero attached hydrogens (tertiary/aromatic N) is 1. The molecule has 0 spiro atoms. The molecule has 0 aromatic rings. The monoisotopic (exact) mass is 303 g/mol. The second-order valence-corrected chi connectivity index (χ2v) is 7.71. The van der Waals surface area contributed by atoms with Crippen molar-refractivity contribution in [3.63, 3.8) is 0 Å². The molecule has 116 valence electrons. The first kappa shape index (κ1) is 15.7. The molecule has 1 aliphatic carbocycles. The number of piperidine rings is 1. The summed E-state index contributed by atoms with van der Waals surface area (Å²) in [5, 5.41) is 3.31. The van der Waals surface area contributed by atoms with Crippen molar-refractivity contribution in [2.24, 2.45) is 0 Å². The van der Waals surface area contributed by atoms with Crippen LogP contribution in [0.25, 0.3) is 0 Å². The molecule has 0 bridgehead atoms. The molecule has 2 rings (SSSR count). The minimum Gasteiger partial charge on any atom is -0.340 e. The van der Waals surface area contributed by atoms with E-state index in [-0.39, 0.29) is 11.9 Å². The first-order valence-electron chi connectivity index (χ1n) is 7.42. The summed E-state index contributed by atoms with van der Waals surface area (Å²) in [6.45, 7) is 1.58. The van der Waals surface area contributed by atoms with Crippen LogP contribution < -0.4 is 10.0 Å². The number of sulfonamides is 1. The Morgan fingerprint density at radius 2 is 1.80 bits per heavy atom. The molecule has 1 unspecified atom stereocenters. The molecule has 2 N–H and O–H groups in total. The number of hydrogen-bond donors (Lipinski definition) is 2. The summed E-state index contributed by atoms with van der Waals surface area (Å²) < 4.78 is 25.1. The number of carbonyl (C=O) groups is 1. The molecule has 2 aliphatic rings. The summed E-state index contributed by atoms with van der Waals surface area (Å²) in [4.78, 5) is 13.9. The number of amides is 1. The lowest BCUT2D eigenvalue weighted by atomic mass is 10.1. The van der Waals surface area contributed by atoms with Gasteiger partial charge in [0.1, 0.15) is 0 Å². The molecule has 1 heterocycles. The molecule has 7 heteroatoms. The smallest absolute Gasteiger partial charge is 0.236 e. The van der Waals surface area contributed by atoms with Crippen LogP contribution in [-0.4, -0.2) is 57.2 Å². The zero-order valence-electron chi connectivity index (χ0n) is 12.1. The number of rotatable bonds is 5. The molecule has 20 heavy (non-hydrogen) atoms. The zero-order chi connectivity index (χ0) is 14.6. The van der Waals surface area contributed by atoms with E-state index in [1.165, 1.54) is 12.8 Å². The average molecular weight is 303 g/mol. The lowest BCUT2D eigenvalue weighted by Crippen LogP contribution is -2.51. The fourth-order valence-corrected chi connectivity index (χ4v) is 3.87. The number of nitrogens with one attached hydrogen (secondary N) is 2. The molecule has 1 atom stereocenters. The fourth-order valence-electron chi connectivity index (χ4n) is 3.08. The molecule has 1 amide bonds. The van der Waals surface area contributed by atoms with Crippen molar-refractivity contribution in [1.29, 1.82) is 0 Å². The van der Waals surface area contributed by atoms with Gasteiger partial charge in [-0.3, -0.25) is 4.79 Å². The summed E-state index contributed by atoms with van der Waals surface area (Å²) in [6, 6.07) is 0.336. The highest BCUT2D eigenvalue weighted by atomic mass is 32.2. The Morgan fingerprint density at radius 3 is 2.45 bits per heavy atom. The van der Waals surface area contributed by atoms with Crippen LogP contribution in [0.3, 0.4) is 0 Å². The quantitative estimate of drug-likeness (QED) is 0.753. The van der Waals surface area contributed by atoms with Crippen molar-refractivity contribution < 1.29 is 13.2 Å². The third-order valence-corrected chi connectivity index (χ3v) is 4.81. The van der Waals surface area contributed by atoms with E-state index >= 15 is 0 Å². The van der Waals surface area contributed by atoms with Gasteiger partial charge >= 0.3 is 0 Å². The van der Waals surface area contributed by atoms with E-state index < -0.39 is 10.0 Å². The SMILES string of the molecule is CS(=O)(=O)NC1CCCN(C(=O)CNC2CCCC2)C1. The zero-order valence-corrected chi connectivity index (χ0v) is 12.9. The molecule has 1 saturated carbocycles. The van der Waals surface area contributed by atoms with E-state index in [4.69, 9.17) is 0 Å². The Balaban J connectivity index is 1.77. The number of likely N-dealkylation sites (tertiary alicyclic amines) is 1. The second kappa shape index (κ2) is 6.87. The van der Waals surface area contributed by atoms with E-state index in [9.17, 15) is 13.2 Å². The van der Waals surface area contributed by atoms with Crippen LogP contribution in [0.15, 0.2) is 0 Å². The Hall–Kier alpha value is -0.660. The van der Waals surface area contributed by atoms with Crippen molar-refractivity contribution in [3.05, 3.63) is 0 Å². The molecular formula is C13H25N3O3S. The maximum Gasteiger partial charge on any atom is 0.236 e. The van der Waals surface area contributed by atoms with Gasteiger partial charge in [-0.25, -0.2) is 13.1 Å². The summed E-state index contributed by atoms with van der Waals surface area (Å²) in [5.74, 6) is 0.0805. The lowest BCUT2D eigenvalue weighted by molar-refractivity contribution is -0.131. The van der Waals surface area contributed by atoms with Gasteiger partial charge in [0.2, 0.25) is 15.9 Å². The molecule has 0 aromatic heterocycles. The average Bonchev–Trinajstić information content (AvgIpc) is 2.87. The maximum atomic E-state index is 12.2. The Labute approximate surface area is 121 Å². The Bertz CT molecular complexity index is 432. The summed E-state index contributed by atoms with van der Waals surface area (Å²) >= 11 is 0. The van der Waals surface area contributed by atoms with Crippen LogP contribution >= 0.6 is 0 Å². The third kappa shape index (κ3) is 5.03. The number of carbonyl (C=O) groups excluding carboxylic acids is 1. The van der Waals surface area contributed by atoms with Gasteiger partial charge in [-0.1, -0.05) is 12.8 Å². The highest BCUT2D eigenvalue weighted by Crippen LogP contribution is 2.17. The molecule has 2 fully saturated rings. The van der Waals surface area contributed by atoms with E-state index in [0.29, 0.717) is 19.1 Å². The third-order valence-electron chi connectivity index (χ3n) is 4.05. The standard InChI is InChI=1S/C13H25N3O3S/c1-20(18,19)15-12-7-4-8-16(10-12)13(17)9-14-11-5-2-3-6-11/h11-12,14-15H,2-10H2,1H3. The molecule has 1 aliphatic heterocycles. The van der Waals surface area contributed by atoms with Gasteiger partial charge in [-0.15, -0.1) is 0 Å². The maximum absolute atomic E-state index is 12.2. The lowest BCUT2D eigenvalue weighted by Gasteiger charge is -2.33. The van der Waals surface area contributed by atoms with Crippen LogP contribution in [-0.2, 0) is 14.8 Å². The summed E-state index contributed by atoms with van der Waals surface area (Å²) in [6.07, 6.45) is 7.62. The Morgan fingerprint density at radius 1 is 1.15 bits per heavy atom. The second-order valence-electron chi connectivity index (χ2n) is 5.93. The molecule has 0 aromatic carbocycles. The van der Waals surface area contributed by atoms with Gasteiger partial charge in [-0.05, 0) is 25.7 Å². The van der Waals surface area contributed by atoms with Crippen molar-refractivity contribution >= 4 is 15.9 Å². The van der Waals surface area contributed by atoms with Crippen LogP contribution in [0.5, 0.6) is 0 Å². The van der Waals surface area contributed by atoms with Gasteiger partial charge in [0.05, 0.1) is 12.8 Å². The van der Waals surface area contributed by atoms with Crippen LogP contribution in [0.1, 0.15) is 38.5 Å². The van der Waals surface area contributed by atoms with Crippen LogP contribution in [0.2, 0.25) is 0 Å². The first-order valence-corrected chi connectivity index (χ1v) is 9.31. The van der Waals surface area contributed by atoms with Gasteiger partial charge < -0.3 is 10.2 Å². The van der Waals surface area contributed by atoms with E-state index in [1.54, 1.807) is 4.90 Å². The van der Waals surface area contributed by atoms with Crippen LogP contribution in [0.4, 0.5) is 0 Å². The van der Waals surface area contributed by atoms with Gasteiger partial charge in [0, 0.05) is 25.2 Å². The largest absolute Gasteiger partial charge is 0.340 e. The van der Waals surface area contributed by atoms with Gasteiger partial charge in [0.25, 0.3) is 0 Å². The predicted octanol–water partition coefficient (Wildman–Crippen LogP) is 0.0588. The van der Waals surface area contributed by atoms with Crippen LogP contribution in [0, 0.1) is 0 Å². The van der Waals surface area contributed by atoms with Crippen molar-refractivity contribution in [1.82, 2.24) is 14.9 Å². The highest BCUT2D eigenvalue weighted by molar-refractivity contribution is 7.88. The fraction of sp³-hybridized carbons (Fsp3) is 0.923. The van der Waals surface area contributed by atoms with Crippen molar-refractivity contribution in [2.75, 3.05) is 25.9 Å². The predicted molar refractivity (Wildman–Crippen MR) is 77.8 cm³/mol. The molecule has 6 nitrogen and oxygen atoms in total. The van der Waals surface area contributed by atoms with E-state index in [1.807, 2.05) is 0 Å². The molecular weight excluding hydrogens is 278 g/mol. The highest BCUT2D eigenvalue weighted by Gasteiger charge is 2.26. The van der Waals surface area contributed by atoms with Crippen molar-refractivity contribution in [2.45, 2.75) is 50.6 Å². The molecule has 0 radical (unpaired) electrons. The topological polar surface area (TPSA) is 78.5 Å². The minimum atomic E-state index is -3.20. The van der Waals surface area contributed by atoms with Crippen molar-refractivity contribution in [3.8, 4) is 0 Å².